The minimum Gasteiger partial charge on any atom is -0.393 e. The molecule has 1 amide bonds. The van der Waals surface area contributed by atoms with Crippen LogP contribution in [-0.2, 0) is 11.2 Å². The number of aromatic amines is 1. The Kier molecular flexibility index (Phi) is 4.19. The molecule has 4 rings (SSSR count). The Labute approximate surface area is 145 Å². The minimum atomic E-state index is -0.275. The number of hydrogen-bond donors (Lipinski definition) is 3. The van der Waals surface area contributed by atoms with Crippen molar-refractivity contribution in [2.45, 2.75) is 31.4 Å². The molecule has 1 saturated carbocycles. The van der Waals surface area contributed by atoms with Crippen LogP contribution in [0, 0.1) is 5.92 Å². The van der Waals surface area contributed by atoms with Gasteiger partial charge in [-0.3, -0.25) is 9.78 Å². The van der Waals surface area contributed by atoms with E-state index in [-0.39, 0.29) is 30.4 Å². The highest BCUT2D eigenvalue weighted by molar-refractivity contribution is 5.80. The number of hydrogen-bond acceptors (Lipinski definition) is 4. The van der Waals surface area contributed by atoms with Crippen LogP contribution < -0.4 is 5.32 Å². The van der Waals surface area contributed by atoms with E-state index < -0.39 is 0 Å². The van der Waals surface area contributed by atoms with Gasteiger partial charge in [-0.05, 0) is 43.0 Å². The Morgan fingerprint density at radius 3 is 2.76 bits per heavy atom. The van der Waals surface area contributed by atoms with Crippen LogP contribution in [0.2, 0.25) is 0 Å². The Morgan fingerprint density at radius 1 is 1.24 bits per heavy atom. The first kappa shape index (κ1) is 15.8. The maximum absolute atomic E-state index is 12.5. The van der Waals surface area contributed by atoms with Crippen molar-refractivity contribution >= 4 is 16.9 Å². The minimum absolute atomic E-state index is 0.101. The van der Waals surface area contributed by atoms with E-state index in [9.17, 15) is 9.90 Å². The van der Waals surface area contributed by atoms with Crippen molar-refractivity contribution in [3.63, 3.8) is 0 Å². The number of benzene rings is 1. The number of fused-ring (bicyclic) bond motifs is 1. The highest BCUT2D eigenvalue weighted by atomic mass is 16.3. The van der Waals surface area contributed by atoms with Gasteiger partial charge in [-0.25, -0.2) is 4.98 Å². The zero-order valence-corrected chi connectivity index (χ0v) is 13.7. The van der Waals surface area contributed by atoms with Gasteiger partial charge in [-0.2, -0.15) is 0 Å². The van der Waals surface area contributed by atoms with Crippen LogP contribution >= 0.6 is 0 Å². The largest absolute Gasteiger partial charge is 0.393 e. The van der Waals surface area contributed by atoms with Gasteiger partial charge in [0.1, 0.15) is 5.82 Å². The topological polar surface area (TPSA) is 90.9 Å². The number of pyridine rings is 1. The number of para-hydroxylation sites is 2. The highest BCUT2D eigenvalue weighted by Gasteiger charge is 2.36. The molecule has 0 aliphatic heterocycles. The van der Waals surface area contributed by atoms with Gasteiger partial charge in [0.25, 0.3) is 0 Å². The van der Waals surface area contributed by atoms with Gasteiger partial charge in [0.15, 0.2) is 0 Å². The average Bonchev–Trinajstić information content (AvgIpc) is 3.00. The second-order valence-corrected chi connectivity index (χ2v) is 6.56. The summed E-state index contributed by atoms with van der Waals surface area (Å²) in [5, 5.41) is 12.7. The Hall–Kier alpha value is -2.73. The number of carbonyl (C=O) groups excluding carboxylic acids is 1. The summed E-state index contributed by atoms with van der Waals surface area (Å²) in [7, 11) is 0. The summed E-state index contributed by atoms with van der Waals surface area (Å²) in [6, 6.07) is 13.2. The molecule has 0 unspecified atom stereocenters. The smallest absolute Gasteiger partial charge is 0.228 e. The molecule has 1 aliphatic carbocycles. The maximum Gasteiger partial charge on any atom is 0.228 e. The quantitative estimate of drug-likeness (QED) is 0.666. The van der Waals surface area contributed by atoms with Gasteiger partial charge in [0, 0.05) is 6.20 Å². The summed E-state index contributed by atoms with van der Waals surface area (Å²) < 4.78 is 0. The first-order chi connectivity index (χ1) is 12.2. The van der Waals surface area contributed by atoms with Crippen molar-refractivity contribution in [3.05, 3.63) is 60.2 Å². The summed E-state index contributed by atoms with van der Waals surface area (Å²) in [6.45, 7) is 0. The second-order valence-electron chi connectivity index (χ2n) is 6.56. The van der Waals surface area contributed by atoms with E-state index in [4.69, 9.17) is 0 Å². The first-order valence-corrected chi connectivity index (χ1v) is 8.51. The molecule has 6 nitrogen and oxygen atoms in total. The van der Waals surface area contributed by atoms with Crippen molar-refractivity contribution in [3.8, 4) is 0 Å². The Morgan fingerprint density at radius 2 is 2.04 bits per heavy atom. The zero-order valence-electron chi connectivity index (χ0n) is 13.7. The molecule has 128 valence electrons. The maximum atomic E-state index is 12.5. The van der Waals surface area contributed by atoms with Crippen molar-refractivity contribution in [2.75, 3.05) is 0 Å². The van der Waals surface area contributed by atoms with Crippen LogP contribution in [0.5, 0.6) is 0 Å². The van der Waals surface area contributed by atoms with Gasteiger partial charge >= 0.3 is 0 Å². The molecular formula is C19H20N4O2. The predicted molar refractivity (Wildman–Crippen MR) is 93.6 cm³/mol. The molecule has 0 radical (unpaired) electrons. The molecule has 1 fully saturated rings. The summed E-state index contributed by atoms with van der Waals surface area (Å²) in [5.74, 6) is 0.757. The van der Waals surface area contributed by atoms with Crippen LogP contribution in [-0.4, -0.2) is 32.1 Å². The molecular weight excluding hydrogens is 316 g/mol. The van der Waals surface area contributed by atoms with Gasteiger partial charge in [0.2, 0.25) is 5.91 Å². The van der Waals surface area contributed by atoms with E-state index in [2.05, 4.69) is 20.3 Å². The number of aliphatic hydroxyl groups is 1. The van der Waals surface area contributed by atoms with Gasteiger partial charge in [-0.1, -0.05) is 18.2 Å². The number of carbonyl (C=O) groups is 1. The zero-order chi connectivity index (χ0) is 17.2. The first-order valence-electron chi connectivity index (χ1n) is 8.51. The van der Waals surface area contributed by atoms with Crippen molar-refractivity contribution in [1.82, 2.24) is 20.3 Å². The Balaban J connectivity index is 1.48. The van der Waals surface area contributed by atoms with Crippen LogP contribution in [0.25, 0.3) is 11.0 Å². The van der Waals surface area contributed by atoms with E-state index in [0.29, 0.717) is 18.7 Å². The lowest BCUT2D eigenvalue weighted by Gasteiger charge is -2.37. The standard InChI is InChI=1S/C19H20N4O2/c24-13-9-12(10-13)19(16-7-3-4-8-20-16)23-18(25)11-17-21-14-5-1-2-6-15(14)22-17/h1-8,12-13,19,24H,9-11H2,(H,21,22)(H,23,25)/t12?,13?,19-/m1/s1. The summed E-state index contributed by atoms with van der Waals surface area (Å²) >= 11 is 0. The molecule has 3 N–H and O–H groups in total. The third-order valence-corrected chi connectivity index (χ3v) is 4.71. The van der Waals surface area contributed by atoms with Crippen molar-refractivity contribution in [1.29, 1.82) is 0 Å². The highest BCUT2D eigenvalue weighted by Crippen LogP contribution is 2.37. The molecule has 0 saturated heterocycles. The summed E-state index contributed by atoms with van der Waals surface area (Å²) in [5.41, 5.74) is 2.61. The van der Waals surface area contributed by atoms with Crippen LogP contribution in [0.4, 0.5) is 0 Å². The molecule has 0 spiro atoms. The van der Waals surface area contributed by atoms with E-state index in [1.807, 2.05) is 42.5 Å². The number of aromatic nitrogens is 3. The van der Waals surface area contributed by atoms with Crippen molar-refractivity contribution in [2.24, 2.45) is 5.92 Å². The normalized spacial score (nSPS) is 20.8. The average molecular weight is 336 g/mol. The molecule has 2 heterocycles. The fraction of sp³-hybridized carbons (Fsp3) is 0.316. The number of aliphatic hydroxyl groups excluding tert-OH is 1. The van der Waals surface area contributed by atoms with Crippen LogP contribution in [0.3, 0.4) is 0 Å². The fourth-order valence-corrected chi connectivity index (χ4v) is 3.36. The van der Waals surface area contributed by atoms with E-state index in [1.165, 1.54) is 0 Å². The number of H-pyrrole nitrogens is 1. The summed E-state index contributed by atoms with van der Waals surface area (Å²) in [4.78, 5) is 24.5. The molecule has 0 bridgehead atoms. The third kappa shape index (κ3) is 3.39. The number of rotatable bonds is 5. The number of imidazole rings is 1. The lowest BCUT2D eigenvalue weighted by Crippen LogP contribution is -2.42. The van der Waals surface area contributed by atoms with Crippen LogP contribution in [0.15, 0.2) is 48.7 Å². The molecule has 6 heteroatoms. The molecule has 1 aromatic carbocycles. The molecule has 3 aromatic rings. The predicted octanol–water partition coefficient (Wildman–Crippen LogP) is 2.13. The van der Waals surface area contributed by atoms with Crippen molar-refractivity contribution < 1.29 is 9.90 Å². The van der Waals surface area contributed by atoms with E-state index >= 15 is 0 Å². The molecule has 25 heavy (non-hydrogen) atoms. The molecule has 1 aliphatic rings. The lowest BCUT2D eigenvalue weighted by molar-refractivity contribution is -0.122. The van der Waals surface area contributed by atoms with Crippen LogP contribution in [0.1, 0.15) is 30.4 Å². The van der Waals surface area contributed by atoms with E-state index in [0.717, 1.165) is 16.7 Å². The number of nitrogens with zero attached hydrogens (tertiary/aromatic N) is 2. The summed E-state index contributed by atoms with van der Waals surface area (Å²) in [6.07, 6.45) is 3.01. The SMILES string of the molecule is O=C(Cc1nc2ccccc2[nH]1)N[C@@H](c1ccccn1)C1CC(O)C1. The lowest BCUT2D eigenvalue weighted by atomic mass is 9.76. The monoisotopic (exact) mass is 336 g/mol. The fourth-order valence-electron chi connectivity index (χ4n) is 3.36. The second kappa shape index (κ2) is 6.64. The van der Waals surface area contributed by atoms with Gasteiger partial charge in [-0.15, -0.1) is 0 Å². The molecule has 1 atom stereocenters. The van der Waals surface area contributed by atoms with Gasteiger partial charge in [0.05, 0.1) is 35.3 Å². The number of amides is 1. The van der Waals surface area contributed by atoms with E-state index in [1.54, 1.807) is 6.20 Å². The number of nitrogens with one attached hydrogen (secondary N) is 2. The third-order valence-electron chi connectivity index (χ3n) is 4.71. The molecule has 2 aromatic heterocycles. The Bertz CT molecular complexity index is 838. The van der Waals surface area contributed by atoms with Gasteiger partial charge < -0.3 is 15.4 Å².